The number of hydrogen-bond acceptors (Lipinski definition) is 4. The number of methoxy groups -OCH3 is 2. The van der Waals surface area contributed by atoms with Gasteiger partial charge in [0, 0.05) is 46.1 Å². The van der Waals surface area contributed by atoms with Crippen LogP contribution in [0, 0.1) is 0 Å². The Labute approximate surface area is 238 Å². The Morgan fingerprint density at radius 3 is 2.41 bits per heavy atom. The molecule has 3 heterocycles. The van der Waals surface area contributed by atoms with Crippen LogP contribution in [0.15, 0.2) is 78.9 Å². The average Bonchev–Trinajstić information content (AvgIpc) is 3.33. The van der Waals surface area contributed by atoms with E-state index in [9.17, 15) is 9.59 Å². The van der Waals surface area contributed by atoms with E-state index in [1.807, 2.05) is 35.2 Å². The lowest BCUT2D eigenvalue weighted by Gasteiger charge is -2.45. The summed E-state index contributed by atoms with van der Waals surface area (Å²) in [5, 5.41) is 5.47. The Bertz CT molecular complexity index is 1860. The number of aromatic nitrogens is 1. The number of nitrogens with one attached hydrogen (secondary N) is 1. The maximum Gasteiger partial charge on any atom is 0.254 e. The smallest absolute Gasteiger partial charge is 0.254 e. The summed E-state index contributed by atoms with van der Waals surface area (Å²) in [5.74, 6) is 0.0433. The third kappa shape index (κ3) is 3.79. The second kappa shape index (κ2) is 9.70. The lowest BCUT2D eigenvalue weighted by Crippen LogP contribution is -2.49. The number of nitrogens with zero attached hydrogens (tertiary/aromatic N) is 2. The molecule has 0 saturated heterocycles. The zero-order valence-corrected chi connectivity index (χ0v) is 23.3. The molecule has 2 aliphatic heterocycles. The normalized spacial score (nSPS) is 17.6. The Hall–Kier alpha value is -4.78. The topological polar surface area (TPSA) is 72.8 Å². The van der Waals surface area contributed by atoms with Gasteiger partial charge in [0.1, 0.15) is 0 Å². The number of aryl methyl sites for hydroxylation is 1. The molecule has 0 radical (unpaired) electrons. The summed E-state index contributed by atoms with van der Waals surface area (Å²) in [6, 6.07) is 25.6. The zero-order chi connectivity index (χ0) is 28.2. The van der Waals surface area contributed by atoms with E-state index in [4.69, 9.17) is 9.47 Å². The second-order valence-electron chi connectivity index (χ2n) is 10.6. The molecule has 2 aliphatic rings. The minimum Gasteiger partial charge on any atom is -0.493 e. The van der Waals surface area contributed by atoms with Crippen LogP contribution in [0.5, 0.6) is 11.5 Å². The molecule has 2 unspecified atom stereocenters. The van der Waals surface area contributed by atoms with E-state index in [0.29, 0.717) is 29.2 Å². The van der Waals surface area contributed by atoms with Crippen LogP contribution in [0.4, 0.5) is 5.69 Å². The number of ether oxygens (including phenoxy) is 2. The maximum absolute atomic E-state index is 14.4. The van der Waals surface area contributed by atoms with Crippen molar-refractivity contribution in [1.82, 2.24) is 9.47 Å². The predicted molar refractivity (Wildman–Crippen MR) is 160 cm³/mol. The Morgan fingerprint density at radius 2 is 1.61 bits per heavy atom. The molecular weight excluding hydrogens is 514 g/mol. The van der Waals surface area contributed by atoms with Gasteiger partial charge in [-0.1, -0.05) is 42.5 Å². The van der Waals surface area contributed by atoms with Crippen LogP contribution >= 0.6 is 0 Å². The van der Waals surface area contributed by atoms with Crippen LogP contribution in [0.1, 0.15) is 45.9 Å². The number of anilines is 1. The van der Waals surface area contributed by atoms with Crippen molar-refractivity contribution in [2.24, 2.45) is 0 Å². The van der Waals surface area contributed by atoms with Crippen molar-refractivity contribution in [3.05, 3.63) is 101 Å². The van der Waals surface area contributed by atoms with Crippen LogP contribution in [-0.4, -0.2) is 42.0 Å². The number of carbonyl (C=O) groups excluding carboxylic acids is 2. The van der Waals surface area contributed by atoms with Crippen LogP contribution in [0.25, 0.3) is 21.8 Å². The number of carbonyl (C=O) groups is 2. The van der Waals surface area contributed by atoms with Crippen molar-refractivity contribution in [3.63, 3.8) is 0 Å². The van der Waals surface area contributed by atoms with Gasteiger partial charge in [-0.05, 0) is 66.4 Å². The van der Waals surface area contributed by atoms with Gasteiger partial charge in [0.2, 0.25) is 5.91 Å². The summed E-state index contributed by atoms with van der Waals surface area (Å²) >= 11 is 0. The predicted octanol–water partition coefficient (Wildman–Crippen LogP) is 6.31. The third-order valence-electron chi connectivity index (χ3n) is 8.67. The highest BCUT2D eigenvalue weighted by Crippen LogP contribution is 2.49. The molecular formula is C34H31N3O4. The van der Waals surface area contributed by atoms with Gasteiger partial charge in [-0.3, -0.25) is 9.59 Å². The molecule has 41 heavy (non-hydrogen) atoms. The maximum atomic E-state index is 14.4. The van der Waals surface area contributed by atoms with E-state index in [2.05, 4.69) is 53.2 Å². The molecule has 0 fully saturated rings. The summed E-state index contributed by atoms with van der Waals surface area (Å²) < 4.78 is 13.4. The quantitative estimate of drug-likeness (QED) is 0.281. The molecule has 5 aromatic rings. The minimum absolute atomic E-state index is 0.0988. The zero-order valence-electron chi connectivity index (χ0n) is 23.3. The van der Waals surface area contributed by atoms with Crippen molar-refractivity contribution in [2.45, 2.75) is 31.8 Å². The molecule has 1 N–H and O–H groups in total. The lowest BCUT2D eigenvalue weighted by molar-refractivity contribution is -0.119. The van der Waals surface area contributed by atoms with Gasteiger partial charge < -0.3 is 24.3 Å². The van der Waals surface area contributed by atoms with E-state index >= 15 is 0 Å². The lowest BCUT2D eigenvalue weighted by atomic mass is 9.75. The molecule has 7 rings (SSSR count). The van der Waals surface area contributed by atoms with Crippen LogP contribution in [0.3, 0.4) is 0 Å². The Morgan fingerprint density at radius 1 is 0.878 bits per heavy atom. The van der Waals surface area contributed by atoms with Gasteiger partial charge in [-0.25, -0.2) is 0 Å². The van der Waals surface area contributed by atoms with Crippen molar-refractivity contribution in [2.75, 3.05) is 26.1 Å². The van der Waals surface area contributed by atoms with Crippen LogP contribution < -0.4 is 14.8 Å². The number of benzene rings is 4. The summed E-state index contributed by atoms with van der Waals surface area (Å²) in [7, 11) is 3.11. The van der Waals surface area contributed by atoms with Gasteiger partial charge in [-0.15, -0.1) is 0 Å². The van der Waals surface area contributed by atoms with Gasteiger partial charge in [-0.2, -0.15) is 0 Å². The number of para-hydroxylation sites is 1. The van der Waals surface area contributed by atoms with Gasteiger partial charge in [0.05, 0.1) is 26.2 Å². The molecule has 0 bridgehead atoms. The number of hydrogen-bond donors (Lipinski definition) is 1. The fourth-order valence-corrected chi connectivity index (χ4v) is 6.82. The summed E-state index contributed by atoms with van der Waals surface area (Å²) in [4.78, 5) is 30.1. The highest BCUT2D eigenvalue weighted by molar-refractivity contribution is 6.11. The molecule has 206 valence electrons. The highest BCUT2D eigenvalue weighted by atomic mass is 16.5. The summed E-state index contributed by atoms with van der Waals surface area (Å²) in [6.07, 6.45) is 0.744. The molecule has 2 atom stereocenters. The first-order valence-corrected chi connectivity index (χ1v) is 14.0. The molecule has 4 aromatic carbocycles. The molecule has 7 heteroatoms. The van der Waals surface area contributed by atoms with Crippen LogP contribution in [-0.2, 0) is 17.8 Å². The Kier molecular flexibility index (Phi) is 5.96. The van der Waals surface area contributed by atoms with Gasteiger partial charge >= 0.3 is 0 Å². The second-order valence-corrected chi connectivity index (χ2v) is 10.6. The highest BCUT2D eigenvalue weighted by Gasteiger charge is 2.47. The fraction of sp³-hybridized carbons (Fsp3) is 0.235. The molecule has 1 aromatic heterocycles. The van der Waals surface area contributed by atoms with Crippen molar-refractivity contribution in [3.8, 4) is 11.5 Å². The van der Waals surface area contributed by atoms with E-state index in [1.54, 1.807) is 26.4 Å². The number of fused-ring (bicyclic) bond motifs is 7. The number of rotatable bonds is 5. The molecule has 0 saturated carbocycles. The first-order valence-electron chi connectivity index (χ1n) is 14.0. The van der Waals surface area contributed by atoms with Gasteiger partial charge in [0.25, 0.3) is 5.91 Å². The molecule has 7 nitrogen and oxygen atoms in total. The first kappa shape index (κ1) is 25.2. The third-order valence-corrected chi connectivity index (χ3v) is 8.67. The summed E-state index contributed by atoms with van der Waals surface area (Å²) in [6.45, 7) is 3.53. The van der Waals surface area contributed by atoms with E-state index in [1.165, 1.54) is 5.52 Å². The largest absolute Gasteiger partial charge is 0.493 e. The minimum atomic E-state index is -0.642. The van der Waals surface area contributed by atoms with Gasteiger partial charge in [0.15, 0.2) is 11.5 Å². The SMILES string of the molecule is CCn1c2ccccc2c2cc(NC(=O)C3c4cc(OC)c(OC)cc4C(=O)N4CCc5ccccc5C34)ccc21. The molecule has 2 amide bonds. The number of amides is 2. The monoisotopic (exact) mass is 545 g/mol. The van der Waals surface area contributed by atoms with E-state index < -0.39 is 12.0 Å². The molecule has 0 aliphatic carbocycles. The summed E-state index contributed by atoms with van der Waals surface area (Å²) in [5.41, 5.74) is 6.31. The fourth-order valence-electron chi connectivity index (χ4n) is 6.82. The first-order chi connectivity index (χ1) is 20.0. The van der Waals surface area contributed by atoms with Crippen LogP contribution in [0.2, 0.25) is 0 Å². The van der Waals surface area contributed by atoms with Crippen molar-refractivity contribution >= 4 is 39.3 Å². The van der Waals surface area contributed by atoms with E-state index in [-0.39, 0.29) is 11.8 Å². The Balaban J connectivity index is 1.36. The average molecular weight is 546 g/mol. The molecule has 0 spiro atoms. The van der Waals surface area contributed by atoms with Crippen molar-refractivity contribution < 1.29 is 19.1 Å². The van der Waals surface area contributed by atoms with Crippen molar-refractivity contribution in [1.29, 1.82) is 0 Å². The standard InChI is InChI=1S/C34H31N3O4/c1-4-36-27-12-8-7-11-23(27)24-17-21(13-14-28(24)36)35-33(38)31-25-18-29(40-2)30(41-3)19-26(25)34(39)37-16-15-20-9-5-6-10-22(20)32(31)37/h5-14,17-19,31-32H,4,15-16H2,1-3H3,(H,35,38). The van der Waals surface area contributed by atoms with E-state index in [0.717, 1.165) is 46.1 Å².